The predicted octanol–water partition coefficient (Wildman–Crippen LogP) is -2.20. The molecule has 0 aliphatic carbocycles. The normalized spacial score (nSPS) is 12.2. The number of nitrogens with two attached hydrogens (primary N) is 2. The number of hydrogen-bond donors (Lipinski definition) is 4. The average molecular weight is 188 g/mol. The van der Waals surface area contributed by atoms with Crippen LogP contribution in [0.3, 0.4) is 0 Å². The standard InChI is InChI=1S/C7H16N4O2/c1-10-5(6(13)4-12)2-3-11-7(8)9/h5,10,12H,2-4H2,1H3,(H4,8,9,11). The largest absolute Gasteiger partial charge is 0.389 e. The summed E-state index contributed by atoms with van der Waals surface area (Å²) in [7, 11) is 1.65. The minimum atomic E-state index is -0.465. The maximum atomic E-state index is 11.0. The first-order valence-corrected chi connectivity index (χ1v) is 3.98. The number of aliphatic hydroxyl groups excluding tert-OH is 1. The number of ketones is 1. The van der Waals surface area contributed by atoms with Gasteiger partial charge in [-0.2, -0.15) is 0 Å². The zero-order valence-corrected chi connectivity index (χ0v) is 7.66. The van der Waals surface area contributed by atoms with Crippen molar-refractivity contribution in [2.45, 2.75) is 12.5 Å². The molecule has 6 N–H and O–H groups in total. The van der Waals surface area contributed by atoms with Gasteiger partial charge in [-0.3, -0.25) is 9.79 Å². The van der Waals surface area contributed by atoms with E-state index in [-0.39, 0.29) is 17.8 Å². The Morgan fingerprint density at radius 2 is 2.23 bits per heavy atom. The van der Waals surface area contributed by atoms with Crippen LogP contribution in [-0.4, -0.2) is 43.1 Å². The first-order valence-electron chi connectivity index (χ1n) is 3.98. The molecule has 0 rings (SSSR count). The maximum Gasteiger partial charge on any atom is 0.185 e. The highest BCUT2D eigenvalue weighted by Crippen LogP contribution is 1.93. The second kappa shape index (κ2) is 6.38. The molecule has 0 aliphatic heterocycles. The molecule has 0 aliphatic rings. The SMILES string of the molecule is CNC(CCN=C(N)N)C(=O)CO. The Bertz CT molecular complexity index is 189. The summed E-state index contributed by atoms with van der Waals surface area (Å²) in [6.07, 6.45) is 0.480. The van der Waals surface area contributed by atoms with Gasteiger partial charge in [-0.25, -0.2) is 0 Å². The minimum absolute atomic E-state index is 0.00583. The zero-order valence-electron chi connectivity index (χ0n) is 7.66. The van der Waals surface area contributed by atoms with E-state index in [2.05, 4.69) is 10.3 Å². The number of likely N-dealkylation sites (N-methyl/N-ethyl adjacent to an activating group) is 1. The molecule has 0 aromatic carbocycles. The fourth-order valence-electron chi connectivity index (χ4n) is 0.899. The third-order valence-corrected chi connectivity index (χ3v) is 1.61. The number of Topliss-reactive ketones (excluding diaryl/α,β-unsaturated/α-hetero) is 1. The predicted molar refractivity (Wildman–Crippen MR) is 50.2 cm³/mol. The number of nitrogens with zero attached hydrogens (tertiary/aromatic N) is 1. The van der Waals surface area contributed by atoms with Crippen LogP contribution in [0.5, 0.6) is 0 Å². The van der Waals surface area contributed by atoms with Crippen molar-refractivity contribution < 1.29 is 9.90 Å². The van der Waals surface area contributed by atoms with Crippen molar-refractivity contribution in [1.29, 1.82) is 0 Å². The number of carbonyl (C=O) groups excluding carboxylic acids is 1. The van der Waals surface area contributed by atoms with E-state index < -0.39 is 6.61 Å². The van der Waals surface area contributed by atoms with Crippen molar-refractivity contribution in [2.75, 3.05) is 20.2 Å². The van der Waals surface area contributed by atoms with Gasteiger partial charge in [-0.1, -0.05) is 0 Å². The highest BCUT2D eigenvalue weighted by Gasteiger charge is 2.13. The molecule has 13 heavy (non-hydrogen) atoms. The Morgan fingerprint density at radius 1 is 1.62 bits per heavy atom. The molecular weight excluding hydrogens is 172 g/mol. The molecule has 6 heteroatoms. The summed E-state index contributed by atoms with van der Waals surface area (Å²) < 4.78 is 0. The van der Waals surface area contributed by atoms with E-state index in [1.165, 1.54) is 0 Å². The molecule has 0 radical (unpaired) electrons. The monoisotopic (exact) mass is 188 g/mol. The molecule has 0 aromatic heterocycles. The summed E-state index contributed by atoms with van der Waals surface area (Å²) in [5.74, 6) is -0.250. The molecule has 0 spiro atoms. The second-order valence-electron chi connectivity index (χ2n) is 2.56. The Kier molecular flexibility index (Phi) is 5.82. The minimum Gasteiger partial charge on any atom is -0.389 e. The van der Waals surface area contributed by atoms with Gasteiger partial charge in [0, 0.05) is 6.54 Å². The summed E-state index contributed by atoms with van der Waals surface area (Å²) in [6.45, 7) is -0.0904. The van der Waals surface area contributed by atoms with Crippen molar-refractivity contribution in [2.24, 2.45) is 16.5 Å². The van der Waals surface area contributed by atoms with Gasteiger partial charge in [-0.15, -0.1) is 0 Å². The van der Waals surface area contributed by atoms with Crippen LogP contribution >= 0.6 is 0 Å². The summed E-state index contributed by atoms with van der Waals surface area (Å²) in [5, 5.41) is 11.3. The maximum absolute atomic E-state index is 11.0. The quantitative estimate of drug-likeness (QED) is 0.279. The van der Waals surface area contributed by atoms with Gasteiger partial charge < -0.3 is 21.9 Å². The van der Waals surface area contributed by atoms with Gasteiger partial charge in [-0.05, 0) is 13.5 Å². The third-order valence-electron chi connectivity index (χ3n) is 1.61. The van der Waals surface area contributed by atoms with Crippen LogP contribution in [0.15, 0.2) is 4.99 Å². The van der Waals surface area contributed by atoms with Gasteiger partial charge in [0.05, 0.1) is 6.04 Å². The van der Waals surface area contributed by atoms with Crippen LogP contribution in [0.25, 0.3) is 0 Å². The number of guanidine groups is 1. The van der Waals surface area contributed by atoms with Gasteiger partial charge in [0.1, 0.15) is 6.61 Å². The molecular formula is C7H16N4O2. The van der Waals surface area contributed by atoms with E-state index in [0.29, 0.717) is 13.0 Å². The Balaban J connectivity index is 3.86. The van der Waals surface area contributed by atoms with Crippen LogP contribution in [0.2, 0.25) is 0 Å². The van der Waals surface area contributed by atoms with Crippen molar-refractivity contribution in [3.8, 4) is 0 Å². The van der Waals surface area contributed by atoms with Gasteiger partial charge in [0.2, 0.25) is 0 Å². The first kappa shape index (κ1) is 11.9. The fourth-order valence-corrected chi connectivity index (χ4v) is 0.899. The molecule has 0 aromatic rings. The van der Waals surface area contributed by atoms with Crippen LogP contribution in [0, 0.1) is 0 Å². The van der Waals surface area contributed by atoms with E-state index in [4.69, 9.17) is 16.6 Å². The highest BCUT2D eigenvalue weighted by atomic mass is 16.3. The Hall–Kier alpha value is -1.14. The molecule has 1 unspecified atom stereocenters. The van der Waals surface area contributed by atoms with E-state index in [1.807, 2.05) is 0 Å². The topological polar surface area (TPSA) is 114 Å². The number of rotatable bonds is 6. The van der Waals surface area contributed by atoms with E-state index >= 15 is 0 Å². The molecule has 0 saturated carbocycles. The average Bonchev–Trinajstić information content (AvgIpc) is 2.11. The van der Waals surface area contributed by atoms with Gasteiger partial charge in [0.15, 0.2) is 11.7 Å². The lowest BCUT2D eigenvalue weighted by Crippen LogP contribution is -2.36. The van der Waals surface area contributed by atoms with E-state index in [1.54, 1.807) is 7.05 Å². The van der Waals surface area contributed by atoms with Crippen LogP contribution in [-0.2, 0) is 4.79 Å². The summed E-state index contributed by atoms with van der Waals surface area (Å²) in [5.41, 5.74) is 10.2. The lowest BCUT2D eigenvalue weighted by molar-refractivity contribution is -0.123. The Labute approximate surface area is 77.0 Å². The third kappa shape index (κ3) is 5.15. The molecule has 1 atom stereocenters. The van der Waals surface area contributed by atoms with Crippen molar-refractivity contribution in [3.05, 3.63) is 0 Å². The number of aliphatic hydroxyl groups is 1. The fraction of sp³-hybridized carbons (Fsp3) is 0.714. The van der Waals surface area contributed by atoms with Crippen LogP contribution in [0.4, 0.5) is 0 Å². The van der Waals surface area contributed by atoms with Crippen LogP contribution in [0.1, 0.15) is 6.42 Å². The van der Waals surface area contributed by atoms with Crippen molar-refractivity contribution in [1.82, 2.24) is 5.32 Å². The molecule has 0 saturated heterocycles. The van der Waals surface area contributed by atoms with E-state index in [9.17, 15) is 4.79 Å². The van der Waals surface area contributed by atoms with Crippen molar-refractivity contribution >= 4 is 11.7 Å². The number of hydrogen-bond acceptors (Lipinski definition) is 4. The van der Waals surface area contributed by atoms with E-state index in [0.717, 1.165) is 0 Å². The smallest absolute Gasteiger partial charge is 0.185 e. The molecule has 0 bridgehead atoms. The highest BCUT2D eigenvalue weighted by molar-refractivity contribution is 5.85. The molecule has 0 heterocycles. The van der Waals surface area contributed by atoms with Gasteiger partial charge >= 0.3 is 0 Å². The lowest BCUT2D eigenvalue weighted by atomic mass is 10.1. The number of nitrogens with one attached hydrogen (secondary N) is 1. The summed E-state index contributed by atoms with van der Waals surface area (Å²) >= 11 is 0. The number of carbonyl (C=O) groups is 1. The molecule has 0 fully saturated rings. The number of aliphatic imine (C=N–C) groups is 1. The van der Waals surface area contributed by atoms with Gasteiger partial charge in [0.25, 0.3) is 0 Å². The molecule has 6 nitrogen and oxygen atoms in total. The summed E-state index contributed by atoms with van der Waals surface area (Å²) in [4.78, 5) is 14.7. The second-order valence-corrected chi connectivity index (χ2v) is 2.56. The first-order chi connectivity index (χ1) is 6.11. The molecule has 76 valence electrons. The molecule has 0 amide bonds. The van der Waals surface area contributed by atoms with Crippen LogP contribution < -0.4 is 16.8 Å². The lowest BCUT2D eigenvalue weighted by Gasteiger charge is -2.11. The Morgan fingerprint density at radius 3 is 2.62 bits per heavy atom. The summed E-state index contributed by atoms with van der Waals surface area (Å²) in [6, 6.07) is -0.381. The zero-order chi connectivity index (χ0) is 10.3. The van der Waals surface area contributed by atoms with Crippen molar-refractivity contribution in [3.63, 3.8) is 0 Å².